The van der Waals surface area contributed by atoms with Gasteiger partial charge in [-0.15, -0.1) is 0 Å². The van der Waals surface area contributed by atoms with Crippen LogP contribution in [0.15, 0.2) is 39.7 Å². The Labute approximate surface area is 137 Å². The smallest absolute Gasteiger partial charge is 0.239 e. The molecule has 118 valence electrons. The largest absolute Gasteiger partial charge is 0.382 e. The van der Waals surface area contributed by atoms with E-state index in [2.05, 4.69) is 21.2 Å². The van der Waals surface area contributed by atoms with E-state index in [4.69, 9.17) is 4.74 Å². The van der Waals surface area contributed by atoms with Crippen LogP contribution in [0.1, 0.15) is 13.3 Å². The average Bonchev–Trinajstić information content (AvgIpc) is 2.50. The van der Waals surface area contributed by atoms with E-state index in [-0.39, 0.29) is 17.9 Å². The van der Waals surface area contributed by atoms with Crippen LogP contribution in [-0.2, 0) is 16.1 Å². The zero-order chi connectivity index (χ0) is 15.9. The third-order valence-corrected chi connectivity index (χ3v) is 3.74. The van der Waals surface area contributed by atoms with E-state index >= 15 is 0 Å². The van der Waals surface area contributed by atoms with Crippen LogP contribution >= 0.6 is 15.9 Å². The third kappa shape index (κ3) is 4.42. The molecule has 1 aromatic carbocycles. The Morgan fingerprint density at radius 2 is 2.18 bits per heavy atom. The van der Waals surface area contributed by atoms with E-state index in [0.29, 0.717) is 25.1 Å². The number of ether oxygens (including phenoxy) is 1. The summed E-state index contributed by atoms with van der Waals surface area (Å²) in [5, 5.41) is 3.46. The van der Waals surface area contributed by atoms with Crippen LogP contribution in [0.4, 0.5) is 0 Å². The number of carbonyl (C=O) groups excluding carboxylic acids is 1. The topological polar surface area (TPSA) is 60.3 Å². The van der Waals surface area contributed by atoms with Gasteiger partial charge in [-0.25, -0.2) is 0 Å². The predicted molar refractivity (Wildman–Crippen MR) is 90.0 cm³/mol. The molecule has 0 aliphatic heterocycles. The number of carbonyl (C=O) groups is 1. The van der Waals surface area contributed by atoms with Crippen LogP contribution < -0.4 is 10.7 Å². The van der Waals surface area contributed by atoms with E-state index in [0.717, 1.165) is 16.4 Å². The van der Waals surface area contributed by atoms with Gasteiger partial charge in [-0.1, -0.05) is 15.9 Å². The molecule has 0 atom stereocenters. The number of nitrogens with one attached hydrogen (secondary N) is 1. The normalized spacial score (nSPS) is 10.8. The maximum Gasteiger partial charge on any atom is 0.239 e. The molecule has 1 aromatic heterocycles. The van der Waals surface area contributed by atoms with Crippen molar-refractivity contribution in [2.75, 3.05) is 19.8 Å². The predicted octanol–water partition coefficient (Wildman–Crippen LogP) is 2.31. The maximum absolute atomic E-state index is 12.0. The Bertz CT molecular complexity index is 712. The van der Waals surface area contributed by atoms with Crippen molar-refractivity contribution in [1.29, 1.82) is 0 Å². The molecule has 2 aromatic rings. The standard InChI is InChI=1S/C16H19BrN2O3/c1-2-22-9-3-7-18-16(21)11-19-8-6-15(20)13-5-4-12(17)10-14(13)19/h4-6,8,10H,2-3,7,9,11H2,1H3,(H,18,21). The molecule has 0 saturated carbocycles. The Morgan fingerprint density at radius 3 is 2.95 bits per heavy atom. The van der Waals surface area contributed by atoms with Gasteiger partial charge in [0.15, 0.2) is 5.43 Å². The average molecular weight is 367 g/mol. The number of benzene rings is 1. The molecule has 0 radical (unpaired) electrons. The Hall–Kier alpha value is -1.66. The van der Waals surface area contributed by atoms with Crippen LogP contribution in [-0.4, -0.2) is 30.2 Å². The number of pyridine rings is 1. The summed E-state index contributed by atoms with van der Waals surface area (Å²) in [5.41, 5.74) is 0.696. The zero-order valence-electron chi connectivity index (χ0n) is 12.5. The summed E-state index contributed by atoms with van der Waals surface area (Å²) >= 11 is 3.39. The molecule has 0 saturated heterocycles. The summed E-state index contributed by atoms with van der Waals surface area (Å²) in [4.78, 5) is 23.9. The number of hydrogen-bond donors (Lipinski definition) is 1. The van der Waals surface area contributed by atoms with E-state index in [1.807, 2.05) is 19.1 Å². The van der Waals surface area contributed by atoms with E-state index in [1.165, 1.54) is 6.07 Å². The van der Waals surface area contributed by atoms with Crippen LogP contribution in [0.3, 0.4) is 0 Å². The molecule has 22 heavy (non-hydrogen) atoms. The fourth-order valence-corrected chi connectivity index (χ4v) is 2.52. The second-order valence-electron chi connectivity index (χ2n) is 4.87. The fraction of sp³-hybridized carbons (Fsp3) is 0.375. The number of nitrogens with zero attached hydrogens (tertiary/aromatic N) is 1. The quantitative estimate of drug-likeness (QED) is 0.764. The Balaban J connectivity index is 2.05. The van der Waals surface area contributed by atoms with Gasteiger partial charge in [0.2, 0.25) is 5.91 Å². The summed E-state index contributed by atoms with van der Waals surface area (Å²) in [6.45, 7) is 4.04. The summed E-state index contributed by atoms with van der Waals surface area (Å²) in [6, 6.07) is 6.91. The lowest BCUT2D eigenvalue weighted by Crippen LogP contribution is -2.29. The molecular weight excluding hydrogens is 348 g/mol. The highest BCUT2D eigenvalue weighted by molar-refractivity contribution is 9.10. The highest BCUT2D eigenvalue weighted by Crippen LogP contribution is 2.17. The first-order valence-electron chi connectivity index (χ1n) is 7.25. The number of hydrogen-bond acceptors (Lipinski definition) is 3. The van der Waals surface area contributed by atoms with Crippen molar-refractivity contribution in [3.8, 4) is 0 Å². The second kappa shape index (κ2) is 8.10. The van der Waals surface area contributed by atoms with Crippen molar-refractivity contribution in [3.05, 3.63) is 45.2 Å². The van der Waals surface area contributed by atoms with Gasteiger partial charge < -0.3 is 14.6 Å². The molecule has 0 spiro atoms. The lowest BCUT2D eigenvalue weighted by Gasteiger charge is -2.11. The van der Waals surface area contributed by atoms with Crippen molar-refractivity contribution in [3.63, 3.8) is 0 Å². The maximum atomic E-state index is 12.0. The molecule has 0 bridgehead atoms. The summed E-state index contributed by atoms with van der Waals surface area (Å²) in [5.74, 6) is -0.0820. The lowest BCUT2D eigenvalue weighted by atomic mass is 10.2. The highest BCUT2D eigenvalue weighted by Gasteiger charge is 2.07. The van der Waals surface area contributed by atoms with Gasteiger partial charge in [0.25, 0.3) is 0 Å². The first-order chi connectivity index (χ1) is 10.6. The molecule has 1 amide bonds. The monoisotopic (exact) mass is 366 g/mol. The van der Waals surface area contributed by atoms with E-state index in [9.17, 15) is 9.59 Å². The van der Waals surface area contributed by atoms with Crippen molar-refractivity contribution in [2.24, 2.45) is 0 Å². The number of fused-ring (bicyclic) bond motifs is 1. The molecule has 2 rings (SSSR count). The first-order valence-corrected chi connectivity index (χ1v) is 8.04. The number of amides is 1. The highest BCUT2D eigenvalue weighted by atomic mass is 79.9. The lowest BCUT2D eigenvalue weighted by molar-refractivity contribution is -0.121. The summed E-state index contributed by atoms with van der Waals surface area (Å²) in [7, 11) is 0. The van der Waals surface area contributed by atoms with Crippen LogP contribution in [0, 0.1) is 0 Å². The van der Waals surface area contributed by atoms with Gasteiger partial charge in [0.05, 0.1) is 5.52 Å². The van der Waals surface area contributed by atoms with E-state index in [1.54, 1.807) is 16.8 Å². The zero-order valence-corrected chi connectivity index (χ0v) is 14.1. The van der Waals surface area contributed by atoms with Crippen molar-refractivity contribution < 1.29 is 9.53 Å². The van der Waals surface area contributed by atoms with Crippen LogP contribution in [0.25, 0.3) is 10.9 Å². The number of rotatable bonds is 7. The minimum atomic E-state index is -0.0820. The van der Waals surface area contributed by atoms with Gasteiger partial charge in [0.1, 0.15) is 6.54 Å². The summed E-state index contributed by atoms with van der Waals surface area (Å²) < 4.78 is 7.87. The molecule has 0 aliphatic carbocycles. The Kier molecular flexibility index (Phi) is 6.15. The fourth-order valence-electron chi connectivity index (χ4n) is 2.17. The molecule has 1 heterocycles. The van der Waals surface area contributed by atoms with E-state index < -0.39 is 0 Å². The van der Waals surface area contributed by atoms with Gasteiger partial charge in [-0.3, -0.25) is 9.59 Å². The van der Waals surface area contributed by atoms with Gasteiger partial charge in [-0.05, 0) is 31.5 Å². The summed E-state index contributed by atoms with van der Waals surface area (Å²) in [6.07, 6.45) is 2.44. The molecule has 5 nitrogen and oxygen atoms in total. The number of halogens is 1. The third-order valence-electron chi connectivity index (χ3n) is 3.25. The van der Waals surface area contributed by atoms with Crippen LogP contribution in [0.5, 0.6) is 0 Å². The molecule has 0 unspecified atom stereocenters. The van der Waals surface area contributed by atoms with Gasteiger partial charge in [0, 0.05) is 41.9 Å². The van der Waals surface area contributed by atoms with Crippen molar-refractivity contribution in [2.45, 2.75) is 19.9 Å². The molecule has 0 fully saturated rings. The minimum absolute atomic E-state index is 0.0455. The van der Waals surface area contributed by atoms with Gasteiger partial charge in [-0.2, -0.15) is 0 Å². The van der Waals surface area contributed by atoms with Crippen molar-refractivity contribution >= 4 is 32.7 Å². The first kappa shape index (κ1) is 16.7. The number of aromatic nitrogens is 1. The SMILES string of the molecule is CCOCCCNC(=O)Cn1ccc(=O)c2ccc(Br)cc21. The minimum Gasteiger partial charge on any atom is -0.382 e. The van der Waals surface area contributed by atoms with Crippen LogP contribution in [0.2, 0.25) is 0 Å². The molecule has 1 N–H and O–H groups in total. The molecule has 6 heteroatoms. The van der Waals surface area contributed by atoms with Gasteiger partial charge >= 0.3 is 0 Å². The molecule has 0 aliphatic rings. The second-order valence-corrected chi connectivity index (χ2v) is 5.79. The Morgan fingerprint density at radius 1 is 1.36 bits per heavy atom. The van der Waals surface area contributed by atoms with Crippen molar-refractivity contribution in [1.82, 2.24) is 9.88 Å². The molecular formula is C16H19BrN2O3.